The van der Waals surface area contributed by atoms with Gasteiger partial charge in [0, 0.05) is 0 Å². The Bertz CT molecular complexity index is 42.0. The van der Waals surface area contributed by atoms with Crippen molar-refractivity contribution in [3.8, 4) is 0 Å². The van der Waals surface area contributed by atoms with Crippen LogP contribution in [0.3, 0.4) is 0 Å². The first kappa shape index (κ1) is 22.5. The molecule has 8 heteroatoms. The van der Waals surface area contributed by atoms with Crippen molar-refractivity contribution in [1.29, 1.82) is 0 Å². The summed E-state index contributed by atoms with van der Waals surface area (Å²) in [6, 6.07) is 0. The molecule has 0 aromatic rings. The van der Waals surface area contributed by atoms with E-state index in [9.17, 15) is 0 Å². The van der Waals surface area contributed by atoms with Crippen LogP contribution in [0, 0.1) is 0 Å². The Morgan fingerprint density at radius 2 is 0.875 bits per heavy atom. The van der Waals surface area contributed by atoms with Gasteiger partial charge in [-0.1, -0.05) is 0 Å². The molecule has 0 aromatic heterocycles. The first-order valence-electron chi connectivity index (χ1n) is 0.894. The molecule has 0 atom stereocenters. The maximum Gasteiger partial charge on any atom is 2.00 e. The van der Waals surface area contributed by atoms with Gasteiger partial charge in [0.05, 0.1) is 0 Å². The molecule has 0 bridgehead atoms. The van der Waals surface area contributed by atoms with Gasteiger partial charge in [-0.15, -0.1) is 0 Å². The van der Waals surface area contributed by atoms with Crippen LogP contribution in [-0.4, -0.2) is 74.3 Å². The van der Waals surface area contributed by atoms with Gasteiger partial charge in [0.2, 0.25) is 0 Å². The second-order valence-electron chi connectivity index (χ2n) is 0.600. The molecule has 0 heterocycles. The normalized spacial score (nSPS) is 7.50. The first-order chi connectivity index (χ1) is 2.00. The fourth-order valence-corrected chi connectivity index (χ4v) is 0. The number of hydrogen-bond acceptors (Lipinski definition) is 4. The summed E-state index contributed by atoms with van der Waals surface area (Å²) in [6.07, 6.45) is 0. The van der Waals surface area contributed by atoms with Gasteiger partial charge in [0.1, 0.15) is 0 Å². The topological polar surface area (TPSA) is 80.9 Å². The predicted molar refractivity (Wildman–Crippen MR) is 31.7 cm³/mol. The van der Waals surface area contributed by atoms with E-state index in [1.165, 1.54) is 0 Å². The smallest absolute Gasteiger partial charge is 1.00 e. The second-order valence-corrected chi connectivity index (χ2v) is 1.80. The zero-order chi connectivity index (χ0) is 4.50. The molecule has 4 N–H and O–H groups in total. The molecule has 0 aromatic carbocycles. The number of hydrogen-bond donors (Lipinski definition) is 4. The first-order valence-corrected chi connectivity index (χ1v) is 2.68. The molecule has 0 spiro atoms. The van der Waals surface area contributed by atoms with E-state index >= 15 is 0 Å². The summed E-state index contributed by atoms with van der Waals surface area (Å²) in [5.74, 6) is 0. The van der Waals surface area contributed by atoms with E-state index in [0.29, 0.717) is 0 Å². The summed E-state index contributed by atoms with van der Waals surface area (Å²) in [7, 11) is -4.61. The van der Waals surface area contributed by atoms with Crippen molar-refractivity contribution in [1.82, 2.24) is 0 Å². The third kappa shape index (κ3) is 88.4. The molecule has 0 radical (unpaired) electrons. The van der Waals surface area contributed by atoms with E-state index in [2.05, 4.69) is 0 Å². The van der Waals surface area contributed by atoms with Gasteiger partial charge in [-0.3, -0.25) is 0 Å². The minimum atomic E-state index is -4.61. The van der Waals surface area contributed by atoms with Crippen molar-refractivity contribution in [2.45, 2.75) is 0 Å². The van der Waals surface area contributed by atoms with Crippen molar-refractivity contribution in [2.75, 3.05) is 0 Å². The van der Waals surface area contributed by atoms with Crippen molar-refractivity contribution in [3.05, 3.63) is 0 Å². The zero-order valence-corrected chi connectivity index (χ0v) is 8.53. The van der Waals surface area contributed by atoms with Crippen molar-refractivity contribution < 1.29 is 45.2 Å². The van der Waals surface area contributed by atoms with Crippen molar-refractivity contribution >= 4 is 55.2 Å². The molecule has 0 aliphatic heterocycles. The van der Waals surface area contributed by atoms with Crippen LogP contribution in [0.2, 0.25) is 0 Å². The summed E-state index contributed by atoms with van der Waals surface area (Å²) in [6.45, 7) is 0. The van der Waals surface area contributed by atoms with Gasteiger partial charge in [-0.25, -0.2) is 0 Å². The van der Waals surface area contributed by atoms with Gasteiger partial charge in [-0.05, 0) is 0 Å². The van der Waals surface area contributed by atoms with Crippen LogP contribution in [0.5, 0.6) is 0 Å². The molecule has 0 amide bonds. The van der Waals surface area contributed by atoms with E-state index < -0.39 is 9.05 Å². The average molecular weight is 157 g/mol. The van der Waals surface area contributed by atoms with E-state index in [-0.39, 0.29) is 72.1 Å². The van der Waals surface area contributed by atoms with Crippen LogP contribution in [0.15, 0.2) is 0 Å². The van der Waals surface area contributed by atoms with E-state index in [4.69, 9.17) is 19.2 Å². The Balaban J connectivity index is -0.00000000286. The van der Waals surface area contributed by atoms with Crippen molar-refractivity contribution in [2.24, 2.45) is 0 Å². The molecule has 42 valence electrons. The van der Waals surface area contributed by atoms with Crippen LogP contribution in [-0.2, 0) is 0 Å². The molecule has 0 aliphatic carbocycles. The van der Waals surface area contributed by atoms with Crippen LogP contribution in [0.4, 0.5) is 0 Å². The molecule has 0 rings (SSSR count). The van der Waals surface area contributed by atoms with Crippen molar-refractivity contribution in [3.63, 3.8) is 0 Å². The standard InChI is InChI=1S/Li.2Mg.H4O4Si.5H/c;;;1-5(2,3)4;;;;;/h;;;1-4H;;;;;/q+1;2*+2;;5*-1. The zero-order valence-electron chi connectivity index (χ0n) is 9.70. The molecular weight excluding hydrogens is 148 g/mol. The Labute approximate surface area is 99.7 Å². The van der Waals surface area contributed by atoms with Gasteiger partial charge in [0.15, 0.2) is 0 Å². The Morgan fingerprint density at radius 1 is 0.875 bits per heavy atom. The minimum Gasteiger partial charge on any atom is -1.00 e. The summed E-state index contributed by atoms with van der Waals surface area (Å²) in [4.78, 5) is 29.3. The Morgan fingerprint density at radius 3 is 0.875 bits per heavy atom. The van der Waals surface area contributed by atoms with Gasteiger partial charge >= 0.3 is 74.0 Å². The van der Waals surface area contributed by atoms with E-state index in [1.54, 1.807) is 0 Å². The third-order valence-corrected chi connectivity index (χ3v) is 0. The molecule has 0 saturated heterocycles. The van der Waals surface area contributed by atoms with Crippen LogP contribution < -0.4 is 18.9 Å². The SMILES string of the molecule is O[Si](O)(O)O.[H-].[H-].[H-].[H-].[H-].[Li+].[Mg+2].[Mg+2]. The second kappa shape index (κ2) is 9.19. The summed E-state index contributed by atoms with van der Waals surface area (Å²) in [5, 5.41) is 0. The molecule has 0 saturated carbocycles. The fraction of sp³-hybridized carbons (Fsp3) is 0. The monoisotopic (exact) mass is 156 g/mol. The van der Waals surface area contributed by atoms with Crippen LogP contribution in [0.25, 0.3) is 0 Å². The maximum atomic E-state index is 7.33. The van der Waals surface area contributed by atoms with Crippen LogP contribution >= 0.6 is 0 Å². The Kier molecular flexibility index (Phi) is 25.8. The van der Waals surface area contributed by atoms with Crippen LogP contribution in [0.1, 0.15) is 7.13 Å². The third-order valence-electron chi connectivity index (χ3n) is 0. The average Bonchev–Trinajstić information content (AvgIpc) is 0.722. The summed E-state index contributed by atoms with van der Waals surface area (Å²) in [5.41, 5.74) is 0. The maximum absolute atomic E-state index is 7.33. The Hall–Kier alpha value is 2.19. The predicted octanol–water partition coefficient (Wildman–Crippen LogP) is -5.80. The summed E-state index contributed by atoms with van der Waals surface area (Å²) >= 11 is 0. The summed E-state index contributed by atoms with van der Waals surface area (Å²) < 4.78 is 0. The van der Waals surface area contributed by atoms with E-state index in [0.717, 1.165) is 0 Å². The molecular formula is H9LiMg2O4Si. The molecule has 0 aliphatic rings. The number of rotatable bonds is 0. The largest absolute Gasteiger partial charge is 2.00 e. The minimum absolute atomic E-state index is 0. The molecule has 8 heavy (non-hydrogen) atoms. The van der Waals surface area contributed by atoms with Gasteiger partial charge in [0.25, 0.3) is 0 Å². The van der Waals surface area contributed by atoms with Gasteiger partial charge in [-0.2, -0.15) is 0 Å². The van der Waals surface area contributed by atoms with Gasteiger partial charge < -0.3 is 26.3 Å². The molecule has 0 fully saturated rings. The molecule has 0 unspecified atom stereocenters. The molecule has 4 nitrogen and oxygen atoms in total. The fourth-order valence-electron chi connectivity index (χ4n) is 0. The van der Waals surface area contributed by atoms with E-state index in [1.807, 2.05) is 0 Å². The quantitative estimate of drug-likeness (QED) is 0.264.